The first-order chi connectivity index (χ1) is 20.0. The van der Waals surface area contributed by atoms with Crippen molar-refractivity contribution in [2.75, 3.05) is 26.8 Å². The van der Waals surface area contributed by atoms with Gasteiger partial charge in [0.15, 0.2) is 11.3 Å². The number of halogens is 4. The Kier molecular flexibility index (Phi) is 7.31. The van der Waals surface area contributed by atoms with Crippen molar-refractivity contribution in [3.8, 4) is 0 Å². The molecule has 3 amide bonds. The quantitative estimate of drug-likeness (QED) is 0.340. The number of urea groups is 1. The van der Waals surface area contributed by atoms with Crippen LogP contribution in [0.1, 0.15) is 84.2 Å². The standard InChI is InChI=1S/C27H30F4N6O5/c1-40-11-18(37-13-27(30,31)12-32-25(37)39)16-4-5-19-17(10-16)33-24(41-19)21(15-6-8-26(28,29)9-7-15)34-23(38)22-20(14-2-3-14)35-42-36-22/h4-5,10,14-15,18,21H,2-3,6-9,11-13H2,1H3,(H,32,39)(H,34,38). The van der Waals surface area contributed by atoms with Crippen molar-refractivity contribution in [2.24, 2.45) is 5.92 Å². The molecule has 1 aromatic carbocycles. The number of alkyl halides is 4. The van der Waals surface area contributed by atoms with Gasteiger partial charge in [-0.25, -0.2) is 32.0 Å². The summed E-state index contributed by atoms with van der Waals surface area (Å²) in [6.07, 6.45) is 1.31. The molecule has 2 saturated carbocycles. The fourth-order valence-corrected chi connectivity index (χ4v) is 5.73. The molecule has 2 unspecified atom stereocenters. The lowest BCUT2D eigenvalue weighted by Crippen LogP contribution is -2.58. The van der Waals surface area contributed by atoms with Crippen LogP contribution < -0.4 is 10.6 Å². The van der Waals surface area contributed by atoms with Gasteiger partial charge in [0, 0.05) is 25.9 Å². The maximum Gasteiger partial charge on any atom is 0.318 e. The summed E-state index contributed by atoms with van der Waals surface area (Å²) in [5.41, 5.74) is 1.66. The minimum absolute atomic E-state index is 0.0426. The van der Waals surface area contributed by atoms with Crippen molar-refractivity contribution in [2.45, 2.75) is 68.4 Å². The normalized spacial score (nSPS) is 22.1. The highest BCUT2D eigenvalue weighted by Gasteiger charge is 2.43. The van der Waals surface area contributed by atoms with Crippen LogP contribution in [0.3, 0.4) is 0 Å². The second-order valence-electron chi connectivity index (χ2n) is 11.3. The maximum absolute atomic E-state index is 14.2. The lowest BCUT2D eigenvalue weighted by Gasteiger charge is -2.38. The summed E-state index contributed by atoms with van der Waals surface area (Å²) in [6, 6.07) is 2.47. The number of amides is 3. The number of nitrogens with one attached hydrogen (secondary N) is 2. The third-order valence-electron chi connectivity index (χ3n) is 8.15. The van der Waals surface area contributed by atoms with Crippen LogP contribution in [-0.2, 0) is 4.74 Å². The van der Waals surface area contributed by atoms with E-state index in [1.54, 1.807) is 18.2 Å². The molecule has 2 atom stereocenters. The summed E-state index contributed by atoms with van der Waals surface area (Å²) in [6.45, 7) is -1.58. The third-order valence-corrected chi connectivity index (χ3v) is 8.15. The van der Waals surface area contributed by atoms with Gasteiger partial charge in [0.1, 0.15) is 17.3 Å². The number of fused-ring (bicyclic) bond motifs is 1. The van der Waals surface area contributed by atoms with E-state index in [4.69, 9.17) is 13.8 Å². The molecular formula is C27H30F4N6O5. The van der Waals surface area contributed by atoms with Gasteiger partial charge in [-0.2, -0.15) is 0 Å². The van der Waals surface area contributed by atoms with E-state index in [0.29, 0.717) is 22.4 Å². The van der Waals surface area contributed by atoms with Gasteiger partial charge < -0.3 is 24.7 Å². The largest absolute Gasteiger partial charge is 0.438 e. The highest BCUT2D eigenvalue weighted by atomic mass is 19.3. The number of carbonyl (C=O) groups excluding carboxylic acids is 2. The maximum atomic E-state index is 14.2. The molecular weight excluding hydrogens is 564 g/mol. The minimum Gasteiger partial charge on any atom is -0.438 e. The van der Waals surface area contributed by atoms with E-state index >= 15 is 0 Å². The third kappa shape index (κ3) is 5.78. The SMILES string of the molecule is COCC(c1ccc2oc(C(NC(=O)c3nonc3C3CC3)C3CCC(F)(F)CC3)nc2c1)N1CC(F)(F)CNC1=O. The van der Waals surface area contributed by atoms with Gasteiger partial charge >= 0.3 is 6.03 Å². The zero-order valence-corrected chi connectivity index (χ0v) is 22.7. The predicted molar refractivity (Wildman–Crippen MR) is 137 cm³/mol. The molecule has 2 aromatic heterocycles. The lowest BCUT2D eigenvalue weighted by molar-refractivity contribution is -0.0510. The first kappa shape index (κ1) is 28.4. The predicted octanol–water partition coefficient (Wildman–Crippen LogP) is 4.73. The molecule has 0 spiro atoms. The topological polar surface area (TPSA) is 136 Å². The van der Waals surface area contributed by atoms with Crippen LogP contribution in [0.15, 0.2) is 27.2 Å². The molecule has 42 heavy (non-hydrogen) atoms. The Morgan fingerprint density at radius 2 is 1.93 bits per heavy atom. The zero-order valence-electron chi connectivity index (χ0n) is 22.7. The average molecular weight is 595 g/mol. The summed E-state index contributed by atoms with van der Waals surface area (Å²) >= 11 is 0. The number of benzene rings is 1. The number of nitrogens with zero attached hydrogens (tertiary/aromatic N) is 4. The summed E-state index contributed by atoms with van der Waals surface area (Å²) < 4.78 is 72.5. The number of methoxy groups -OCH3 is 1. The Balaban J connectivity index is 1.31. The highest BCUT2D eigenvalue weighted by molar-refractivity contribution is 5.93. The van der Waals surface area contributed by atoms with Gasteiger partial charge in [0.05, 0.1) is 25.7 Å². The molecule has 1 aliphatic heterocycles. The molecule has 226 valence electrons. The van der Waals surface area contributed by atoms with E-state index in [0.717, 1.165) is 17.7 Å². The molecule has 15 heteroatoms. The van der Waals surface area contributed by atoms with Crippen molar-refractivity contribution in [3.05, 3.63) is 41.0 Å². The van der Waals surface area contributed by atoms with Gasteiger partial charge in [-0.1, -0.05) is 11.2 Å². The van der Waals surface area contributed by atoms with Crippen LogP contribution in [0.4, 0.5) is 22.4 Å². The summed E-state index contributed by atoms with van der Waals surface area (Å²) in [5, 5.41) is 12.7. The molecule has 0 radical (unpaired) electrons. The van der Waals surface area contributed by atoms with Crippen LogP contribution in [-0.4, -0.2) is 70.8 Å². The molecule has 3 heterocycles. The average Bonchev–Trinajstić information content (AvgIpc) is 3.51. The van der Waals surface area contributed by atoms with E-state index in [-0.39, 0.29) is 49.8 Å². The van der Waals surface area contributed by atoms with Crippen molar-refractivity contribution >= 4 is 23.0 Å². The number of hydrogen-bond acceptors (Lipinski definition) is 8. The fraction of sp³-hybridized carbons (Fsp3) is 0.593. The number of ether oxygens (including phenoxy) is 1. The van der Waals surface area contributed by atoms with Crippen molar-refractivity contribution in [3.63, 3.8) is 0 Å². The van der Waals surface area contributed by atoms with E-state index in [9.17, 15) is 27.2 Å². The first-order valence-electron chi connectivity index (χ1n) is 13.9. The van der Waals surface area contributed by atoms with Gasteiger partial charge in [0.2, 0.25) is 11.8 Å². The van der Waals surface area contributed by atoms with Gasteiger partial charge in [-0.3, -0.25) is 4.79 Å². The lowest BCUT2D eigenvalue weighted by atomic mass is 9.82. The monoisotopic (exact) mass is 594 g/mol. The Morgan fingerprint density at radius 1 is 1.17 bits per heavy atom. The van der Waals surface area contributed by atoms with E-state index in [1.807, 2.05) is 0 Å². The van der Waals surface area contributed by atoms with Crippen molar-refractivity contribution in [1.29, 1.82) is 0 Å². The smallest absolute Gasteiger partial charge is 0.318 e. The molecule has 6 rings (SSSR count). The van der Waals surface area contributed by atoms with Gasteiger partial charge in [0.25, 0.3) is 11.8 Å². The molecule has 1 saturated heterocycles. The molecule has 3 aliphatic rings. The minimum atomic E-state index is -3.12. The summed E-state index contributed by atoms with van der Waals surface area (Å²) in [5.74, 6) is -6.67. The zero-order chi connectivity index (χ0) is 29.6. The van der Waals surface area contributed by atoms with E-state index in [2.05, 4.69) is 25.9 Å². The Labute approximate surface area is 237 Å². The van der Waals surface area contributed by atoms with Crippen LogP contribution in [0.25, 0.3) is 11.1 Å². The van der Waals surface area contributed by atoms with Crippen LogP contribution >= 0.6 is 0 Å². The number of oxazole rings is 1. The number of rotatable bonds is 9. The van der Waals surface area contributed by atoms with Crippen LogP contribution in [0.5, 0.6) is 0 Å². The molecule has 0 bridgehead atoms. The first-order valence-corrected chi connectivity index (χ1v) is 13.9. The van der Waals surface area contributed by atoms with Crippen LogP contribution in [0, 0.1) is 5.92 Å². The Hall–Kier alpha value is -3.75. The highest BCUT2D eigenvalue weighted by Crippen LogP contribution is 2.43. The van der Waals surface area contributed by atoms with Gasteiger partial charge in [-0.05, 0) is 54.5 Å². The summed E-state index contributed by atoms with van der Waals surface area (Å²) in [7, 11) is 1.40. The molecule has 11 nitrogen and oxygen atoms in total. The molecule has 2 aliphatic carbocycles. The number of aromatic nitrogens is 3. The molecule has 3 fully saturated rings. The summed E-state index contributed by atoms with van der Waals surface area (Å²) in [4.78, 5) is 31.4. The molecule has 2 N–H and O–H groups in total. The Bertz CT molecular complexity index is 1460. The van der Waals surface area contributed by atoms with Crippen LogP contribution in [0.2, 0.25) is 0 Å². The second-order valence-corrected chi connectivity index (χ2v) is 11.3. The van der Waals surface area contributed by atoms with E-state index in [1.165, 1.54) is 7.11 Å². The number of hydrogen-bond donors (Lipinski definition) is 2. The van der Waals surface area contributed by atoms with Crippen molar-refractivity contribution < 1.29 is 40.9 Å². The second kappa shape index (κ2) is 10.8. The molecule has 3 aromatic rings. The van der Waals surface area contributed by atoms with Crippen molar-refractivity contribution in [1.82, 2.24) is 30.8 Å². The fourth-order valence-electron chi connectivity index (χ4n) is 5.73. The number of carbonyl (C=O) groups is 2. The Morgan fingerprint density at radius 3 is 2.64 bits per heavy atom. The van der Waals surface area contributed by atoms with E-state index < -0.39 is 54.9 Å². The van der Waals surface area contributed by atoms with Gasteiger partial charge in [-0.15, -0.1) is 0 Å².